The van der Waals surface area contributed by atoms with E-state index >= 15 is 0 Å². The molecule has 1 aliphatic heterocycles. The van der Waals surface area contributed by atoms with Crippen molar-refractivity contribution in [3.8, 4) is 0 Å². The first-order chi connectivity index (χ1) is 12.5. The Balaban J connectivity index is 1.96. The molecule has 1 aromatic heterocycles. The van der Waals surface area contributed by atoms with Crippen molar-refractivity contribution in [3.05, 3.63) is 51.0 Å². The monoisotopic (exact) mass is 407 g/mol. The topological polar surface area (TPSA) is 38.1 Å². The molecule has 7 heteroatoms. The maximum atomic E-state index is 12.4. The number of aromatic nitrogens is 2. The number of carbonyl (C=O) groups excluding carboxylic acids is 1. The van der Waals surface area contributed by atoms with Gasteiger partial charge in [-0.2, -0.15) is 0 Å². The van der Waals surface area contributed by atoms with Crippen LogP contribution in [0.4, 0.5) is 11.6 Å². The fourth-order valence-electron chi connectivity index (χ4n) is 3.44. The van der Waals surface area contributed by atoms with Gasteiger partial charge in [0.15, 0.2) is 5.78 Å². The summed E-state index contributed by atoms with van der Waals surface area (Å²) in [6.45, 7) is 3.41. The normalized spacial score (nSPS) is 13.9. The molecule has 0 unspecified atom stereocenters. The van der Waals surface area contributed by atoms with Crippen molar-refractivity contribution >= 4 is 63.3 Å². The Morgan fingerprint density at radius 2 is 1.92 bits per heavy atom. The molecule has 2 aromatic carbocycles. The second kappa shape index (κ2) is 6.76. The molecule has 0 atom stereocenters. The van der Waals surface area contributed by atoms with Gasteiger partial charge >= 0.3 is 0 Å². The molecular formula is C19H16Cl3N3O. The van der Waals surface area contributed by atoms with Gasteiger partial charge < -0.3 is 9.47 Å². The number of halogens is 3. The molecule has 0 N–H and O–H groups in total. The lowest BCUT2D eigenvalue weighted by atomic mass is 10.1. The molecule has 1 aliphatic rings. The van der Waals surface area contributed by atoms with Gasteiger partial charge in [0.25, 0.3) is 0 Å². The third-order valence-electron chi connectivity index (χ3n) is 4.65. The van der Waals surface area contributed by atoms with Gasteiger partial charge in [0.1, 0.15) is 5.52 Å². The number of aryl methyl sites for hydroxylation is 1. The molecule has 0 amide bonds. The zero-order valence-electron chi connectivity index (χ0n) is 14.1. The molecule has 0 saturated heterocycles. The molecular weight excluding hydrogens is 393 g/mol. The number of ketones is 1. The molecule has 134 valence electrons. The highest BCUT2D eigenvalue weighted by atomic mass is 35.5. The third kappa shape index (κ3) is 2.77. The van der Waals surface area contributed by atoms with E-state index in [9.17, 15) is 4.79 Å². The van der Waals surface area contributed by atoms with E-state index in [1.165, 1.54) is 0 Å². The fraction of sp³-hybridized carbons (Fsp3) is 0.263. The Kier molecular flexibility index (Phi) is 4.59. The van der Waals surface area contributed by atoms with Crippen LogP contribution >= 0.6 is 34.8 Å². The second-order valence-electron chi connectivity index (χ2n) is 6.23. The maximum absolute atomic E-state index is 12.4. The second-order valence-corrected chi connectivity index (χ2v) is 7.48. The molecule has 0 radical (unpaired) electrons. The van der Waals surface area contributed by atoms with Crippen LogP contribution in [0.1, 0.15) is 30.1 Å². The average Bonchev–Trinajstić information content (AvgIpc) is 3.02. The number of Topliss-reactive ketones (excluding diaryl/α,β-unsaturated/α-hetero) is 1. The number of nitrogens with zero attached hydrogens (tertiary/aromatic N) is 3. The number of carbonyl (C=O) groups is 1. The first-order valence-corrected chi connectivity index (χ1v) is 9.59. The van der Waals surface area contributed by atoms with Crippen molar-refractivity contribution in [2.24, 2.45) is 0 Å². The summed E-state index contributed by atoms with van der Waals surface area (Å²) in [5.41, 5.74) is 2.95. The van der Waals surface area contributed by atoms with E-state index in [4.69, 9.17) is 39.8 Å². The van der Waals surface area contributed by atoms with Crippen molar-refractivity contribution < 1.29 is 4.79 Å². The summed E-state index contributed by atoms with van der Waals surface area (Å²) in [6.07, 6.45) is 1.34. The largest absolute Gasteiger partial charge is 0.310 e. The molecule has 0 saturated carbocycles. The van der Waals surface area contributed by atoms with E-state index in [2.05, 4.69) is 9.47 Å². The Morgan fingerprint density at radius 1 is 1.12 bits per heavy atom. The predicted molar refractivity (Wildman–Crippen MR) is 107 cm³/mol. The molecule has 0 spiro atoms. The van der Waals surface area contributed by atoms with E-state index in [1.807, 2.05) is 19.1 Å². The van der Waals surface area contributed by atoms with Crippen molar-refractivity contribution in [2.75, 3.05) is 11.4 Å². The zero-order valence-corrected chi connectivity index (χ0v) is 16.4. The SMILES string of the molecule is CCC(=O)c1ccc(Cl)c2nc3n(c12)CCCN3c1ccc(Cl)cc1Cl. The van der Waals surface area contributed by atoms with Gasteiger partial charge in [-0.15, -0.1) is 0 Å². The number of fused-ring (bicyclic) bond motifs is 3. The lowest BCUT2D eigenvalue weighted by Gasteiger charge is -2.30. The van der Waals surface area contributed by atoms with Crippen molar-refractivity contribution in [1.29, 1.82) is 0 Å². The third-order valence-corrected chi connectivity index (χ3v) is 5.49. The van der Waals surface area contributed by atoms with Crippen LogP contribution in [0.3, 0.4) is 0 Å². The van der Waals surface area contributed by atoms with Gasteiger partial charge in [-0.3, -0.25) is 4.79 Å². The summed E-state index contributed by atoms with van der Waals surface area (Å²) < 4.78 is 2.07. The molecule has 0 fully saturated rings. The predicted octanol–water partition coefficient (Wildman–Crippen LogP) is 6.13. The van der Waals surface area contributed by atoms with Crippen LogP contribution in [0.25, 0.3) is 11.0 Å². The summed E-state index contributed by atoms with van der Waals surface area (Å²) >= 11 is 18.8. The highest BCUT2D eigenvalue weighted by Gasteiger charge is 2.27. The van der Waals surface area contributed by atoms with Crippen LogP contribution in [0.15, 0.2) is 30.3 Å². The molecule has 0 aliphatic carbocycles. The van der Waals surface area contributed by atoms with Gasteiger partial charge in [-0.1, -0.05) is 41.7 Å². The quantitative estimate of drug-likeness (QED) is 0.489. The van der Waals surface area contributed by atoms with Gasteiger partial charge in [0.05, 0.1) is 21.2 Å². The first-order valence-electron chi connectivity index (χ1n) is 8.45. The average molecular weight is 409 g/mol. The number of rotatable bonds is 3. The van der Waals surface area contributed by atoms with Crippen LogP contribution in [0.2, 0.25) is 15.1 Å². The Bertz CT molecular complexity index is 1030. The lowest BCUT2D eigenvalue weighted by Crippen LogP contribution is -2.28. The summed E-state index contributed by atoms with van der Waals surface area (Å²) in [5, 5.41) is 1.69. The van der Waals surface area contributed by atoms with Crippen LogP contribution in [-0.4, -0.2) is 21.9 Å². The summed E-state index contributed by atoms with van der Waals surface area (Å²) in [7, 11) is 0. The Labute approximate surface area is 166 Å². The van der Waals surface area contributed by atoms with E-state index in [1.54, 1.807) is 18.2 Å². The lowest BCUT2D eigenvalue weighted by molar-refractivity contribution is 0.0989. The highest BCUT2D eigenvalue weighted by Crippen LogP contribution is 2.39. The zero-order chi connectivity index (χ0) is 18.4. The number of benzene rings is 2. The summed E-state index contributed by atoms with van der Waals surface area (Å²) in [5.74, 6) is 0.824. The van der Waals surface area contributed by atoms with Crippen LogP contribution in [0.5, 0.6) is 0 Å². The van der Waals surface area contributed by atoms with Gasteiger partial charge in [-0.05, 0) is 36.8 Å². The minimum absolute atomic E-state index is 0.0796. The van der Waals surface area contributed by atoms with Gasteiger partial charge in [0.2, 0.25) is 5.95 Å². The molecule has 4 nitrogen and oxygen atoms in total. The minimum atomic E-state index is 0.0796. The van der Waals surface area contributed by atoms with Gasteiger partial charge in [-0.25, -0.2) is 4.98 Å². The highest BCUT2D eigenvalue weighted by molar-refractivity contribution is 6.37. The number of imidazole rings is 1. The smallest absolute Gasteiger partial charge is 0.211 e. The molecule has 4 rings (SSSR count). The Morgan fingerprint density at radius 3 is 2.65 bits per heavy atom. The van der Waals surface area contributed by atoms with Crippen molar-refractivity contribution in [1.82, 2.24) is 9.55 Å². The van der Waals surface area contributed by atoms with Crippen LogP contribution < -0.4 is 4.90 Å². The fourth-order valence-corrected chi connectivity index (χ4v) is 4.15. The summed E-state index contributed by atoms with van der Waals surface area (Å²) in [6, 6.07) is 8.95. The van der Waals surface area contributed by atoms with Crippen molar-refractivity contribution in [2.45, 2.75) is 26.3 Å². The van der Waals surface area contributed by atoms with Crippen molar-refractivity contribution in [3.63, 3.8) is 0 Å². The molecule has 26 heavy (non-hydrogen) atoms. The maximum Gasteiger partial charge on any atom is 0.211 e. The van der Waals surface area contributed by atoms with Crippen LogP contribution in [-0.2, 0) is 6.54 Å². The molecule has 3 aromatic rings. The van der Waals surface area contributed by atoms with E-state index in [0.717, 1.165) is 36.7 Å². The number of hydrogen-bond acceptors (Lipinski definition) is 3. The molecule has 0 bridgehead atoms. The number of hydrogen-bond donors (Lipinski definition) is 0. The van der Waals surface area contributed by atoms with E-state index in [0.29, 0.717) is 32.6 Å². The van der Waals surface area contributed by atoms with E-state index < -0.39 is 0 Å². The van der Waals surface area contributed by atoms with E-state index in [-0.39, 0.29) is 5.78 Å². The standard InChI is InChI=1S/C19H16Cl3N3O/c1-2-16(26)12-5-6-13(21)17-18(12)25-9-3-8-24(19(25)23-17)15-7-4-11(20)10-14(15)22/h4-7,10H,2-3,8-9H2,1H3. The minimum Gasteiger partial charge on any atom is -0.310 e. The van der Waals surface area contributed by atoms with Crippen LogP contribution in [0, 0.1) is 0 Å². The first kappa shape index (κ1) is 17.7. The molecule has 2 heterocycles. The number of anilines is 2. The summed E-state index contributed by atoms with van der Waals surface area (Å²) in [4.78, 5) is 19.3. The Hall–Kier alpha value is -1.75. The van der Waals surface area contributed by atoms with Gasteiger partial charge in [0, 0.05) is 30.1 Å².